The van der Waals surface area contributed by atoms with Crippen LogP contribution in [0.2, 0.25) is 0 Å². The molecule has 2 atom stereocenters. The third-order valence-corrected chi connectivity index (χ3v) is 5.23. The fraction of sp³-hybridized carbons (Fsp3) is 0.524. The Morgan fingerprint density at radius 2 is 2.04 bits per heavy atom. The number of amides is 2. The summed E-state index contributed by atoms with van der Waals surface area (Å²) in [6.07, 6.45) is 4.77. The molecule has 0 saturated carbocycles. The number of nitrogens with zero attached hydrogens (tertiary/aromatic N) is 1. The Bertz CT molecular complexity index is 685. The van der Waals surface area contributed by atoms with E-state index in [1.165, 1.54) is 0 Å². The molecule has 0 aliphatic carbocycles. The van der Waals surface area contributed by atoms with Gasteiger partial charge in [-0.2, -0.15) is 0 Å². The Hall–Kier alpha value is -2.18. The molecule has 2 fully saturated rings. The molecule has 0 radical (unpaired) electrons. The van der Waals surface area contributed by atoms with Crippen molar-refractivity contribution in [1.82, 2.24) is 15.5 Å². The van der Waals surface area contributed by atoms with Crippen LogP contribution in [0.4, 0.5) is 0 Å². The molecule has 0 bridgehead atoms. The zero-order chi connectivity index (χ0) is 19.3. The van der Waals surface area contributed by atoms with Gasteiger partial charge in [0.15, 0.2) is 0 Å². The molecule has 146 valence electrons. The highest BCUT2D eigenvalue weighted by atomic mass is 16.5. The minimum Gasteiger partial charge on any atom is -0.379 e. The van der Waals surface area contributed by atoms with Gasteiger partial charge in [-0.3, -0.25) is 14.5 Å². The summed E-state index contributed by atoms with van der Waals surface area (Å²) in [4.78, 5) is 27.1. The third-order valence-electron chi connectivity index (χ3n) is 5.23. The summed E-state index contributed by atoms with van der Waals surface area (Å²) in [7, 11) is 0. The van der Waals surface area contributed by atoms with E-state index in [-0.39, 0.29) is 23.9 Å². The minimum atomic E-state index is -0.429. The number of carbonyl (C=O) groups excluding carboxylic acids is 2. The summed E-state index contributed by atoms with van der Waals surface area (Å²) in [5.41, 5.74) is 0.705. The van der Waals surface area contributed by atoms with Crippen LogP contribution in [0.15, 0.2) is 36.4 Å². The lowest BCUT2D eigenvalue weighted by molar-refractivity contribution is -0.158. The smallest absolute Gasteiger partial charge is 0.237 e. The van der Waals surface area contributed by atoms with Gasteiger partial charge in [-0.25, -0.2) is 0 Å². The molecular formula is C21H29N3O3. The molecular weight excluding hydrogens is 342 g/mol. The number of rotatable bonds is 7. The summed E-state index contributed by atoms with van der Waals surface area (Å²) in [6.45, 7) is 6.72. The zero-order valence-electron chi connectivity index (χ0n) is 16.1. The maximum Gasteiger partial charge on any atom is 0.237 e. The molecule has 3 rings (SSSR count). The summed E-state index contributed by atoms with van der Waals surface area (Å²) in [5, 5.41) is 6.04. The number of likely N-dealkylation sites (N-methyl/N-ethyl adjacent to an activating group) is 1. The highest BCUT2D eigenvalue weighted by Gasteiger charge is 2.44. The van der Waals surface area contributed by atoms with E-state index < -0.39 is 5.41 Å². The van der Waals surface area contributed by atoms with Gasteiger partial charge in [0.25, 0.3) is 0 Å². The fourth-order valence-corrected chi connectivity index (χ4v) is 3.56. The van der Waals surface area contributed by atoms with Gasteiger partial charge in [-0.05, 0) is 25.8 Å². The van der Waals surface area contributed by atoms with Crippen LogP contribution in [-0.4, -0.2) is 61.6 Å². The van der Waals surface area contributed by atoms with Crippen molar-refractivity contribution in [1.29, 1.82) is 0 Å². The first-order valence-corrected chi connectivity index (χ1v) is 9.64. The first-order chi connectivity index (χ1) is 13.0. The number of ether oxygens (including phenoxy) is 1. The highest BCUT2D eigenvalue weighted by molar-refractivity contribution is 5.85. The molecule has 0 unspecified atom stereocenters. The molecule has 2 saturated heterocycles. The predicted octanol–water partition coefficient (Wildman–Crippen LogP) is 1.43. The zero-order valence-corrected chi connectivity index (χ0v) is 16.1. The second-order valence-electron chi connectivity index (χ2n) is 7.64. The van der Waals surface area contributed by atoms with Crippen LogP contribution >= 0.6 is 0 Å². The van der Waals surface area contributed by atoms with Gasteiger partial charge >= 0.3 is 0 Å². The van der Waals surface area contributed by atoms with Gasteiger partial charge in [0.05, 0.1) is 24.7 Å². The van der Waals surface area contributed by atoms with Crippen LogP contribution in [0.25, 0.3) is 6.08 Å². The Labute approximate surface area is 161 Å². The van der Waals surface area contributed by atoms with E-state index in [1.807, 2.05) is 44.2 Å². The van der Waals surface area contributed by atoms with Crippen molar-refractivity contribution in [2.24, 2.45) is 5.41 Å². The number of hydrogen-bond acceptors (Lipinski definition) is 4. The van der Waals surface area contributed by atoms with Crippen LogP contribution in [0.5, 0.6) is 0 Å². The topological polar surface area (TPSA) is 70.7 Å². The van der Waals surface area contributed by atoms with E-state index in [4.69, 9.17) is 4.74 Å². The normalized spacial score (nSPS) is 24.5. The maximum absolute atomic E-state index is 12.5. The quantitative estimate of drug-likeness (QED) is 0.761. The number of likely N-dealkylation sites (tertiary alicyclic amines) is 1. The van der Waals surface area contributed by atoms with Crippen LogP contribution in [0.3, 0.4) is 0 Å². The van der Waals surface area contributed by atoms with Gasteiger partial charge in [-0.1, -0.05) is 42.5 Å². The Morgan fingerprint density at radius 1 is 1.30 bits per heavy atom. The Morgan fingerprint density at radius 3 is 2.67 bits per heavy atom. The molecule has 1 aromatic carbocycles. The summed E-state index contributed by atoms with van der Waals surface area (Å²) < 4.78 is 5.19. The predicted molar refractivity (Wildman–Crippen MR) is 105 cm³/mol. The van der Waals surface area contributed by atoms with E-state index in [2.05, 4.69) is 27.7 Å². The molecule has 2 amide bonds. The van der Waals surface area contributed by atoms with Crippen LogP contribution in [-0.2, 0) is 14.3 Å². The van der Waals surface area contributed by atoms with E-state index in [0.717, 1.165) is 5.56 Å². The highest BCUT2D eigenvalue weighted by Crippen LogP contribution is 2.28. The number of carbonyl (C=O) groups is 2. The lowest BCUT2D eigenvalue weighted by atomic mass is 9.87. The number of hydrogen-bond donors (Lipinski definition) is 2. The second-order valence-corrected chi connectivity index (χ2v) is 7.64. The molecule has 1 aromatic rings. The van der Waals surface area contributed by atoms with Gasteiger partial charge in [0.2, 0.25) is 11.8 Å². The number of nitrogens with one attached hydrogen (secondary N) is 2. The molecule has 2 aliphatic rings. The first kappa shape index (κ1) is 19.6. The second kappa shape index (κ2) is 8.67. The molecule has 2 aliphatic heterocycles. The van der Waals surface area contributed by atoms with Crippen LogP contribution in [0, 0.1) is 5.41 Å². The average Bonchev–Trinajstić information content (AvgIpc) is 3.03. The number of benzene rings is 1. The summed E-state index contributed by atoms with van der Waals surface area (Å²) in [6, 6.07) is 9.85. The Kier molecular flexibility index (Phi) is 6.29. The van der Waals surface area contributed by atoms with Gasteiger partial charge in [0.1, 0.15) is 0 Å². The largest absolute Gasteiger partial charge is 0.379 e. The van der Waals surface area contributed by atoms with Crippen LogP contribution < -0.4 is 10.6 Å². The lowest BCUT2D eigenvalue weighted by Crippen LogP contribution is -2.54. The van der Waals surface area contributed by atoms with E-state index in [0.29, 0.717) is 39.3 Å². The van der Waals surface area contributed by atoms with E-state index in [9.17, 15) is 9.59 Å². The van der Waals surface area contributed by atoms with Crippen molar-refractivity contribution in [2.45, 2.75) is 32.4 Å². The van der Waals surface area contributed by atoms with Crippen molar-refractivity contribution in [3.63, 3.8) is 0 Å². The first-order valence-electron chi connectivity index (χ1n) is 9.64. The molecule has 0 spiro atoms. The molecule has 6 nitrogen and oxygen atoms in total. The summed E-state index contributed by atoms with van der Waals surface area (Å²) >= 11 is 0. The SMILES string of the molecule is CCNC(=O)[C@@H]1C[C@@H](NC(=O)C2(C)COC2)CN1CC=Cc1ccccc1. The molecule has 6 heteroatoms. The van der Waals surface area contributed by atoms with Gasteiger partial charge < -0.3 is 15.4 Å². The third kappa shape index (κ3) is 4.76. The fourth-order valence-electron chi connectivity index (χ4n) is 3.56. The lowest BCUT2D eigenvalue weighted by Gasteiger charge is -2.37. The molecule has 27 heavy (non-hydrogen) atoms. The molecule has 0 aromatic heterocycles. The Balaban J connectivity index is 1.61. The monoisotopic (exact) mass is 371 g/mol. The van der Waals surface area contributed by atoms with Crippen molar-refractivity contribution in [3.8, 4) is 0 Å². The van der Waals surface area contributed by atoms with Gasteiger partial charge in [-0.15, -0.1) is 0 Å². The van der Waals surface area contributed by atoms with Crippen molar-refractivity contribution in [3.05, 3.63) is 42.0 Å². The summed E-state index contributed by atoms with van der Waals surface area (Å²) in [5.74, 6) is 0.0515. The standard InChI is InChI=1S/C21H29N3O3/c1-3-22-19(25)18-12-17(23-20(26)21(2)14-27-15-21)13-24(18)11-7-10-16-8-5-4-6-9-16/h4-10,17-18H,3,11-15H2,1-2H3,(H,22,25)(H,23,26)/t17-,18+/m1/s1. The molecule has 2 N–H and O–H groups in total. The van der Waals surface area contributed by atoms with Crippen LogP contribution in [0.1, 0.15) is 25.8 Å². The van der Waals surface area contributed by atoms with Crippen molar-refractivity contribution >= 4 is 17.9 Å². The van der Waals surface area contributed by atoms with Crippen molar-refractivity contribution < 1.29 is 14.3 Å². The maximum atomic E-state index is 12.5. The van der Waals surface area contributed by atoms with Gasteiger partial charge in [0, 0.05) is 25.7 Å². The van der Waals surface area contributed by atoms with Crippen molar-refractivity contribution in [2.75, 3.05) is 32.8 Å². The van der Waals surface area contributed by atoms with E-state index in [1.54, 1.807) is 0 Å². The van der Waals surface area contributed by atoms with E-state index >= 15 is 0 Å². The molecule has 2 heterocycles. The minimum absolute atomic E-state index is 0.0207. The average molecular weight is 371 g/mol.